The van der Waals surface area contributed by atoms with Crippen molar-refractivity contribution in [1.82, 2.24) is 9.88 Å². The van der Waals surface area contributed by atoms with Gasteiger partial charge in [0.15, 0.2) is 0 Å². The van der Waals surface area contributed by atoms with Gasteiger partial charge in [-0.2, -0.15) is 0 Å². The number of halogens is 2. The summed E-state index contributed by atoms with van der Waals surface area (Å²) in [7, 11) is 0. The number of amides is 2. The van der Waals surface area contributed by atoms with E-state index in [1.54, 1.807) is 12.3 Å². The molecule has 0 bridgehead atoms. The number of carbonyl (C=O) groups is 2. The normalized spacial score (nSPS) is 10.5. The Hall–Kier alpha value is -2.28. The second kappa shape index (κ2) is 8.01. The van der Waals surface area contributed by atoms with Gasteiger partial charge in [0.05, 0.1) is 5.56 Å². The molecule has 0 aliphatic heterocycles. The van der Waals surface area contributed by atoms with E-state index in [1.807, 2.05) is 13.8 Å². The van der Waals surface area contributed by atoms with E-state index in [1.165, 1.54) is 35.4 Å². The van der Waals surface area contributed by atoms with Crippen LogP contribution in [0, 0.1) is 5.82 Å². The summed E-state index contributed by atoms with van der Waals surface area (Å²) in [6.45, 7) is 3.55. The molecule has 0 fully saturated rings. The average Bonchev–Trinajstić information content (AvgIpc) is 2.54. The van der Waals surface area contributed by atoms with Crippen LogP contribution in [0.25, 0.3) is 0 Å². The highest BCUT2D eigenvalue weighted by Crippen LogP contribution is 2.14. The molecule has 1 heterocycles. The van der Waals surface area contributed by atoms with Crippen LogP contribution in [0.1, 0.15) is 24.2 Å². The molecule has 2 amide bonds. The van der Waals surface area contributed by atoms with Crippen molar-refractivity contribution >= 4 is 33.4 Å². The Morgan fingerprint density at radius 1 is 1.25 bits per heavy atom. The van der Waals surface area contributed by atoms with Crippen LogP contribution in [0.3, 0.4) is 0 Å². The van der Waals surface area contributed by atoms with Crippen molar-refractivity contribution in [2.75, 3.05) is 11.9 Å². The third kappa shape index (κ3) is 4.86. The van der Waals surface area contributed by atoms with E-state index in [0.29, 0.717) is 15.7 Å². The van der Waals surface area contributed by atoms with E-state index in [0.717, 1.165) is 0 Å². The predicted molar refractivity (Wildman–Crippen MR) is 93.1 cm³/mol. The van der Waals surface area contributed by atoms with Crippen LogP contribution >= 0.6 is 15.9 Å². The van der Waals surface area contributed by atoms with Gasteiger partial charge in [-0.15, -0.1) is 0 Å². The SMILES string of the molecule is CC(C)N(CC(=O)Nc1ccc(F)cc1)C(=O)c1cncc(Br)c1. The number of aromatic nitrogens is 1. The van der Waals surface area contributed by atoms with Crippen molar-refractivity contribution in [3.8, 4) is 0 Å². The predicted octanol–water partition coefficient (Wildman–Crippen LogP) is 3.47. The molecule has 0 atom stereocenters. The molecule has 1 aromatic heterocycles. The highest BCUT2D eigenvalue weighted by atomic mass is 79.9. The standard InChI is InChI=1S/C17H17BrFN3O2/c1-11(2)22(17(24)12-7-13(18)9-20-8-12)10-16(23)21-15-5-3-14(19)4-6-15/h3-9,11H,10H2,1-2H3,(H,21,23). The molecule has 1 N–H and O–H groups in total. The third-order valence-corrected chi connectivity index (χ3v) is 3.71. The van der Waals surface area contributed by atoms with E-state index in [4.69, 9.17) is 0 Å². The zero-order valence-corrected chi connectivity index (χ0v) is 14.9. The first-order valence-electron chi connectivity index (χ1n) is 7.33. The van der Waals surface area contributed by atoms with Crippen LogP contribution in [0.15, 0.2) is 47.2 Å². The number of benzene rings is 1. The quantitative estimate of drug-likeness (QED) is 0.845. The second-order valence-corrected chi connectivity index (χ2v) is 6.39. The molecule has 0 unspecified atom stereocenters. The molecule has 5 nitrogen and oxygen atoms in total. The van der Waals surface area contributed by atoms with Gasteiger partial charge in [0.1, 0.15) is 12.4 Å². The minimum absolute atomic E-state index is 0.111. The largest absolute Gasteiger partial charge is 0.327 e. The summed E-state index contributed by atoms with van der Waals surface area (Å²) in [5, 5.41) is 2.65. The van der Waals surface area contributed by atoms with E-state index in [9.17, 15) is 14.0 Å². The fourth-order valence-electron chi connectivity index (χ4n) is 2.07. The summed E-state index contributed by atoms with van der Waals surface area (Å²) in [4.78, 5) is 30.2. The maximum Gasteiger partial charge on any atom is 0.256 e. The Kier molecular flexibility index (Phi) is 6.03. The zero-order chi connectivity index (χ0) is 17.7. The first-order valence-corrected chi connectivity index (χ1v) is 8.13. The van der Waals surface area contributed by atoms with Gasteiger partial charge in [0, 0.05) is 28.6 Å². The van der Waals surface area contributed by atoms with E-state index in [2.05, 4.69) is 26.2 Å². The van der Waals surface area contributed by atoms with Gasteiger partial charge in [-0.05, 0) is 60.1 Å². The minimum Gasteiger partial charge on any atom is -0.327 e. The Labute approximate surface area is 148 Å². The van der Waals surface area contributed by atoms with Crippen LogP contribution in [0.2, 0.25) is 0 Å². The molecule has 24 heavy (non-hydrogen) atoms. The van der Waals surface area contributed by atoms with Crippen molar-refractivity contribution in [3.63, 3.8) is 0 Å². The molecular formula is C17H17BrFN3O2. The number of rotatable bonds is 5. The lowest BCUT2D eigenvalue weighted by Gasteiger charge is -2.26. The molecular weight excluding hydrogens is 377 g/mol. The van der Waals surface area contributed by atoms with Gasteiger partial charge in [-0.25, -0.2) is 4.39 Å². The monoisotopic (exact) mass is 393 g/mol. The van der Waals surface area contributed by atoms with Gasteiger partial charge in [-0.3, -0.25) is 14.6 Å². The number of anilines is 1. The molecule has 2 rings (SSSR count). The number of nitrogens with one attached hydrogen (secondary N) is 1. The van der Waals surface area contributed by atoms with Crippen molar-refractivity contribution in [1.29, 1.82) is 0 Å². The minimum atomic E-state index is -0.380. The van der Waals surface area contributed by atoms with Gasteiger partial charge in [0.2, 0.25) is 5.91 Å². The van der Waals surface area contributed by atoms with Crippen LogP contribution in [0.5, 0.6) is 0 Å². The van der Waals surface area contributed by atoms with Gasteiger partial charge < -0.3 is 10.2 Å². The van der Waals surface area contributed by atoms with E-state index in [-0.39, 0.29) is 30.2 Å². The molecule has 2 aromatic rings. The molecule has 0 aliphatic rings. The van der Waals surface area contributed by atoms with Gasteiger partial charge in [0.25, 0.3) is 5.91 Å². The fraction of sp³-hybridized carbons (Fsp3) is 0.235. The number of nitrogens with zero attached hydrogens (tertiary/aromatic N) is 2. The summed E-state index contributed by atoms with van der Waals surface area (Å²) < 4.78 is 13.6. The van der Waals surface area contributed by atoms with Gasteiger partial charge in [-0.1, -0.05) is 0 Å². The molecule has 0 aliphatic carbocycles. The molecule has 0 saturated heterocycles. The summed E-state index contributed by atoms with van der Waals surface area (Å²) in [6, 6.07) is 6.93. The Balaban J connectivity index is 2.09. The summed E-state index contributed by atoms with van der Waals surface area (Å²) >= 11 is 3.27. The van der Waals surface area contributed by atoms with Crippen molar-refractivity contribution < 1.29 is 14.0 Å². The van der Waals surface area contributed by atoms with Crippen molar-refractivity contribution in [2.24, 2.45) is 0 Å². The van der Waals surface area contributed by atoms with Crippen molar-refractivity contribution in [3.05, 3.63) is 58.6 Å². The molecule has 126 valence electrons. The molecule has 0 spiro atoms. The Morgan fingerprint density at radius 2 is 1.92 bits per heavy atom. The Morgan fingerprint density at radius 3 is 2.50 bits per heavy atom. The summed E-state index contributed by atoms with van der Waals surface area (Å²) in [6.07, 6.45) is 3.04. The zero-order valence-electron chi connectivity index (χ0n) is 13.3. The highest BCUT2D eigenvalue weighted by molar-refractivity contribution is 9.10. The average molecular weight is 394 g/mol. The highest BCUT2D eigenvalue weighted by Gasteiger charge is 2.22. The lowest BCUT2D eigenvalue weighted by atomic mass is 10.2. The number of carbonyl (C=O) groups excluding carboxylic acids is 2. The molecule has 7 heteroatoms. The number of pyridine rings is 1. The molecule has 0 saturated carbocycles. The maximum absolute atomic E-state index is 12.9. The van der Waals surface area contributed by atoms with E-state index < -0.39 is 0 Å². The van der Waals surface area contributed by atoms with Crippen LogP contribution in [0.4, 0.5) is 10.1 Å². The summed E-state index contributed by atoms with van der Waals surface area (Å²) in [5.74, 6) is -1.02. The first-order chi connectivity index (χ1) is 11.4. The molecule has 0 radical (unpaired) electrons. The fourth-order valence-corrected chi connectivity index (χ4v) is 2.44. The third-order valence-electron chi connectivity index (χ3n) is 3.28. The molecule has 1 aromatic carbocycles. The van der Waals surface area contributed by atoms with Crippen LogP contribution < -0.4 is 5.32 Å². The Bertz CT molecular complexity index is 735. The van der Waals surface area contributed by atoms with Crippen LogP contribution in [-0.2, 0) is 4.79 Å². The first kappa shape index (κ1) is 18.1. The topological polar surface area (TPSA) is 62.3 Å². The second-order valence-electron chi connectivity index (χ2n) is 5.47. The summed E-state index contributed by atoms with van der Waals surface area (Å²) in [5.41, 5.74) is 0.870. The smallest absolute Gasteiger partial charge is 0.256 e. The number of hydrogen-bond donors (Lipinski definition) is 1. The van der Waals surface area contributed by atoms with Gasteiger partial charge >= 0.3 is 0 Å². The van der Waals surface area contributed by atoms with E-state index >= 15 is 0 Å². The van der Waals surface area contributed by atoms with Crippen molar-refractivity contribution in [2.45, 2.75) is 19.9 Å². The maximum atomic E-state index is 12.9. The lowest BCUT2D eigenvalue weighted by Crippen LogP contribution is -2.42. The lowest BCUT2D eigenvalue weighted by molar-refractivity contribution is -0.117. The number of hydrogen-bond acceptors (Lipinski definition) is 3. The van der Waals surface area contributed by atoms with Crippen LogP contribution in [-0.4, -0.2) is 34.3 Å².